The molecule has 0 aliphatic heterocycles. The van der Waals surface area contributed by atoms with E-state index in [1.807, 2.05) is 26.8 Å². The Morgan fingerprint density at radius 3 is 2.62 bits per heavy atom. The van der Waals surface area contributed by atoms with Crippen molar-refractivity contribution in [2.24, 2.45) is 0 Å². The quantitative estimate of drug-likeness (QED) is 0.649. The van der Waals surface area contributed by atoms with E-state index in [1.165, 1.54) is 0 Å². The number of amides is 2. The average molecular weight is 313 g/mol. The molecule has 6 heteroatoms. The second kappa shape index (κ2) is 7.88. The molecule has 0 saturated carbocycles. The molecule has 0 fully saturated rings. The topological polar surface area (TPSA) is 67.4 Å². The fourth-order valence-electron chi connectivity index (χ4n) is 1.55. The molecule has 1 aromatic rings. The van der Waals surface area contributed by atoms with Crippen LogP contribution in [-0.4, -0.2) is 30.7 Å². The van der Waals surface area contributed by atoms with Gasteiger partial charge in [0.05, 0.1) is 6.54 Å². The molecule has 0 aromatic heterocycles. The summed E-state index contributed by atoms with van der Waals surface area (Å²) >= 11 is 5.72. The van der Waals surface area contributed by atoms with Crippen LogP contribution in [0.1, 0.15) is 36.7 Å². The van der Waals surface area contributed by atoms with E-state index in [0.717, 1.165) is 5.56 Å². The van der Waals surface area contributed by atoms with Crippen LogP contribution in [0.4, 0.5) is 4.79 Å². The lowest BCUT2D eigenvalue weighted by Gasteiger charge is -2.19. The lowest BCUT2D eigenvalue weighted by Crippen LogP contribution is -2.41. The van der Waals surface area contributed by atoms with Crippen LogP contribution in [0, 0.1) is 0 Å². The van der Waals surface area contributed by atoms with Gasteiger partial charge in [0.15, 0.2) is 0 Å². The van der Waals surface area contributed by atoms with Crippen LogP contribution >= 0.6 is 11.6 Å². The van der Waals surface area contributed by atoms with Crippen molar-refractivity contribution in [3.63, 3.8) is 0 Å². The van der Waals surface area contributed by atoms with Gasteiger partial charge in [-0.15, -0.1) is 11.6 Å². The summed E-state index contributed by atoms with van der Waals surface area (Å²) in [6.07, 6.45) is -0.499. The van der Waals surface area contributed by atoms with Gasteiger partial charge in [0.25, 0.3) is 5.91 Å². The molecule has 0 bridgehead atoms. The number of alkyl carbamates (subject to hydrolysis) is 1. The van der Waals surface area contributed by atoms with Crippen molar-refractivity contribution >= 4 is 23.6 Å². The third-order valence-electron chi connectivity index (χ3n) is 2.44. The molecular weight excluding hydrogens is 292 g/mol. The first-order valence-electron chi connectivity index (χ1n) is 6.70. The van der Waals surface area contributed by atoms with Crippen molar-refractivity contribution < 1.29 is 14.3 Å². The van der Waals surface area contributed by atoms with Crippen molar-refractivity contribution in [3.8, 4) is 0 Å². The van der Waals surface area contributed by atoms with Gasteiger partial charge >= 0.3 is 6.09 Å². The number of carbonyl (C=O) groups excluding carboxylic acids is 2. The molecule has 5 nitrogen and oxygen atoms in total. The number of alkyl halides is 1. The Balaban J connectivity index is 2.32. The zero-order valence-corrected chi connectivity index (χ0v) is 13.3. The summed E-state index contributed by atoms with van der Waals surface area (Å²) in [7, 11) is 0. The summed E-state index contributed by atoms with van der Waals surface area (Å²) in [5.41, 5.74) is 1.07. The van der Waals surface area contributed by atoms with E-state index in [4.69, 9.17) is 16.3 Å². The normalized spacial score (nSPS) is 10.9. The minimum Gasteiger partial charge on any atom is -0.448 e. The first kappa shape index (κ1) is 17.3. The van der Waals surface area contributed by atoms with E-state index in [-0.39, 0.29) is 24.6 Å². The van der Waals surface area contributed by atoms with Crippen LogP contribution in [-0.2, 0) is 10.6 Å². The molecule has 0 aliphatic rings. The Hall–Kier alpha value is -1.75. The molecule has 2 N–H and O–H groups in total. The Bertz CT molecular complexity index is 498. The van der Waals surface area contributed by atoms with Crippen molar-refractivity contribution in [1.29, 1.82) is 0 Å². The minimum atomic E-state index is -0.499. The largest absolute Gasteiger partial charge is 0.448 e. The molecule has 116 valence electrons. The lowest BCUT2D eigenvalue weighted by molar-refractivity contribution is 0.0931. The molecule has 2 amide bonds. The second-order valence-corrected chi connectivity index (χ2v) is 5.87. The molecule has 0 unspecified atom stereocenters. The smallest absolute Gasteiger partial charge is 0.407 e. The number of hydrogen-bond acceptors (Lipinski definition) is 3. The van der Waals surface area contributed by atoms with E-state index >= 15 is 0 Å². The maximum absolute atomic E-state index is 11.9. The van der Waals surface area contributed by atoms with Gasteiger partial charge in [-0.2, -0.15) is 0 Å². The molecule has 0 aliphatic carbocycles. The maximum atomic E-state index is 11.9. The van der Waals surface area contributed by atoms with E-state index in [2.05, 4.69) is 10.6 Å². The van der Waals surface area contributed by atoms with Gasteiger partial charge in [-0.05, 0) is 38.5 Å². The van der Waals surface area contributed by atoms with Crippen molar-refractivity contribution in [3.05, 3.63) is 35.4 Å². The van der Waals surface area contributed by atoms with Gasteiger partial charge in [0.1, 0.15) is 6.61 Å². The Morgan fingerprint density at radius 1 is 1.29 bits per heavy atom. The van der Waals surface area contributed by atoms with E-state index < -0.39 is 6.09 Å². The van der Waals surface area contributed by atoms with E-state index in [0.29, 0.717) is 11.4 Å². The first-order valence-corrected chi connectivity index (χ1v) is 7.23. The lowest BCUT2D eigenvalue weighted by atomic mass is 10.1. The van der Waals surface area contributed by atoms with Crippen LogP contribution in [0.15, 0.2) is 24.3 Å². The molecule has 1 rings (SSSR count). The number of ether oxygens (including phenoxy) is 1. The van der Waals surface area contributed by atoms with Gasteiger partial charge in [-0.25, -0.2) is 4.79 Å². The number of halogens is 1. The summed E-state index contributed by atoms with van der Waals surface area (Å²) in [4.78, 5) is 23.3. The second-order valence-electron chi connectivity index (χ2n) is 5.60. The van der Waals surface area contributed by atoms with Crippen LogP contribution in [0.25, 0.3) is 0 Å². The molecule has 0 atom stereocenters. The van der Waals surface area contributed by atoms with Gasteiger partial charge in [-0.1, -0.05) is 12.1 Å². The van der Waals surface area contributed by atoms with Gasteiger partial charge < -0.3 is 15.4 Å². The van der Waals surface area contributed by atoms with Crippen LogP contribution in [0.3, 0.4) is 0 Å². The zero-order valence-electron chi connectivity index (χ0n) is 12.5. The Labute approximate surface area is 130 Å². The monoisotopic (exact) mass is 312 g/mol. The predicted molar refractivity (Wildman–Crippen MR) is 82.6 cm³/mol. The molecular formula is C15H21ClN2O3. The predicted octanol–water partition coefficient (Wildman–Crippen LogP) is 2.68. The van der Waals surface area contributed by atoms with Crippen molar-refractivity contribution in [1.82, 2.24) is 10.6 Å². The third-order valence-corrected chi connectivity index (χ3v) is 2.75. The highest BCUT2D eigenvalue weighted by Crippen LogP contribution is 2.07. The fraction of sp³-hybridized carbons (Fsp3) is 0.467. The highest BCUT2D eigenvalue weighted by Gasteiger charge is 2.14. The van der Waals surface area contributed by atoms with E-state index in [9.17, 15) is 9.59 Å². The third kappa shape index (κ3) is 6.99. The molecule has 0 saturated heterocycles. The summed E-state index contributed by atoms with van der Waals surface area (Å²) in [5, 5.41) is 5.35. The van der Waals surface area contributed by atoms with Crippen LogP contribution in [0.5, 0.6) is 0 Å². The fourth-order valence-corrected chi connectivity index (χ4v) is 1.71. The number of benzene rings is 1. The maximum Gasteiger partial charge on any atom is 0.407 e. The summed E-state index contributed by atoms with van der Waals surface area (Å²) in [6.45, 7) is 5.95. The Morgan fingerprint density at radius 2 is 2.00 bits per heavy atom. The number of rotatable bonds is 5. The zero-order chi connectivity index (χ0) is 15.9. The number of nitrogens with one attached hydrogen (secondary N) is 2. The summed E-state index contributed by atoms with van der Waals surface area (Å²) < 4.78 is 4.96. The van der Waals surface area contributed by atoms with Gasteiger partial charge in [0, 0.05) is 17.0 Å². The van der Waals surface area contributed by atoms with Gasteiger partial charge in [-0.3, -0.25) is 4.79 Å². The molecule has 0 spiro atoms. The number of carbonyl (C=O) groups is 2. The highest BCUT2D eigenvalue weighted by molar-refractivity contribution is 6.17. The standard InChI is InChI=1S/C15H21ClN2O3/c1-15(2,3)18-14(20)21-8-7-17-13(19)12-6-4-5-11(9-12)10-16/h4-6,9H,7-8,10H2,1-3H3,(H,17,19)(H,18,20). The highest BCUT2D eigenvalue weighted by atomic mass is 35.5. The van der Waals surface area contributed by atoms with Gasteiger partial charge in [0.2, 0.25) is 0 Å². The number of hydrogen-bond donors (Lipinski definition) is 2. The summed E-state index contributed by atoms with van der Waals surface area (Å²) in [5.74, 6) is 0.138. The molecule has 0 radical (unpaired) electrons. The van der Waals surface area contributed by atoms with Crippen molar-refractivity contribution in [2.45, 2.75) is 32.2 Å². The SMILES string of the molecule is CC(C)(C)NC(=O)OCCNC(=O)c1cccc(CCl)c1. The summed E-state index contributed by atoms with van der Waals surface area (Å²) in [6, 6.07) is 7.07. The molecule has 0 heterocycles. The van der Waals surface area contributed by atoms with Crippen LogP contribution < -0.4 is 10.6 Å². The average Bonchev–Trinajstić information content (AvgIpc) is 2.41. The van der Waals surface area contributed by atoms with E-state index in [1.54, 1.807) is 18.2 Å². The molecule has 21 heavy (non-hydrogen) atoms. The van der Waals surface area contributed by atoms with Crippen molar-refractivity contribution in [2.75, 3.05) is 13.2 Å². The Kier molecular flexibility index (Phi) is 6.49. The van der Waals surface area contributed by atoms with Crippen LogP contribution in [0.2, 0.25) is 0 Å². The molecule has 1 aromatic carbocycles. The minimum absolute atomic E-state index is 0.114. The first-order chi connectivity index (χ1) is 9.81.